The molecular weight excluding hydrogens is 254 g/mol. The second-order valence-electron chi connectivity index (χ2n) is 1.37. The van der Waals surface area contributed by atoms with Crippen LogP contribution in [-0.2, 0) is 0 Å². The van der Waals surface area contributed by atoms with Gasteiger partial charge in [0.15, 0.2) is 5.15 Å². The molecule has 1 aromatic heterocycles. The van der Waals surface area contributed by atoms with Crippen LogP contribution in [0.4, 0.5) is 0 Å². The molecule has 0 saturated heterocycles. The van der Waals surface area contributed by atoms with Gasteiger partial charge >= 0.3 is 0 Å². The summed E-state index contributed by atoms with van der Waals surface area (Å²) in [7, 11) is 0. The summed E-state index contributed by atoms with van der Waals surface area (Å²) in [4.78, 5) is 10.6. The van der Waals surface area contributed by atoms with Gasteiger partial charge < -0.3 is 0 Å². The molecule has 1 heterocycles. The fraction of sp³-hybridized carbons (Fsp3) is 0. The molecule has 5 heteroatoms. The second kappa shape index (κ2) is 2.66. The fourth-order valence-corrected chi connectivity index (χ4v) is 1.11. The SMILES string of the molecule is O=c1[nH]nc(Cl)cc1I. The lowest BCUT2D eigenvalue weighted by molar-refractivity contribution is 0.978. The van der Waals surface area contributed by atoms with E-state index in [1.807, 2.05) is 22.6 Å². The number of nitrogens with one attached hydrogen (secondary N) is 1. The predicted molar refractivity (Wildman–Crippen MR) is 42.6 cm³/mol. The summed E-state index contributed by atoms with van der Waals surface area (Å²) in [6.07, 6.45) is 0. The molecule has 0 spiro atoms. The topological polar surface area (TPSA) is 45.8 Å². The Hall–Kier alpha value is -0.100. The van der Waals surface area contributed by atoms with Crippen molar-refractivity contribution >= 4 is 34.2 Å². The van der Waals surface area contributed by atoms with Crippen molar-refractivity contribution in [3.05, 3.63) is 25.1 Å². The molecule has 0 bridgehead atoms. The van der Waals surface area contributed by atoms with Crippen molar-refractivity contribution in [2.75, 3.05) is 0 Å². The van der Waals surface area contributed by atoms with Crippen LogP contribution in [0.2, 0.25) is 5.15 Å². The zero-order chi connectivity index (χ0) is 6.85. The molecule has 0 aliphatic heterocycles. The van der Waals surface area contributed by atoms with Gasteiger partial charge in [0.25, 0.3) is 5.56 Å². The molecule has 9 heavy (non-hydrogen) atoms. The molecule has 3 nitrogen and oxygen atoms in total. The number of rotatable bonds is 0. The molecule has 0 atom stereocenters. The van der Waals surface area contributed by atoms with Crippen molar-refractivity contribution in [1.29, 1.82) is 0 Å². The summed E-state index contributed by atoms with van der Waals surface area (Å²) in [5.74, 6) is 0. The standard InChI is InChI=1S/C4H2ClIN2O/c5-3-1-2(6)4(9)8-7-3/h1H,(H,8,9). The Balaban J connectivity index is 3.34. The number of hydrogen-bond donors (Lipinski definition) is 1. The lowest BCUT2D eigenvalue weighted by Gasteiger charge is -1.86. The molecule has 0 aromatic carbocycles. The van der Waals surface area contributed by atoms with Crippen LogP contribution in [0.5, 0.6) is 0 Å². The average Bonchev–Trinajstić information content (AvgIpc) is 1.80. The highest BCUT2D eigenvalue weighted by atomic mass is 127. The minimum absolute atomic E-state index is 0.208. The summed E-state index contributed by atoms with van der Waals surface area (Å²) >= 11 is 7.31. The third kappa shape index (κ3) is 1.65. The van der Waals surface area contributed by atoms with E-state index in [-0.39, 0.29) is 5.56 Å². The number of aromatic amines is 1. The molecule has 48 valence electrons. The van der Waals surface area contributed by atoms with Crippen molar-refractivity contribution in [3.8, 4) is 0 Å². The maximum absolute atomic E-state index is 10.6. The van der Waals surface area contributed by atoms with Gasteiger partial charge in [0, 0.05) is 0 Å². The van der Waals surface area contributed by atoms with Crippen molar-refractivity contribution in [2.45, 2.75) is 0 Å². The van der Waals surface area contributed by atoms with Crippen LogP contribution in [0.1, 0.15) is 0 Å². The van der Waals surface area contributed by atoms with Gasteiger partial charge in [0.2, 0.25) is 0 Å². The largest absolute Gasteiger partial charge is 0.277 e. The van der Waals surface area contributed by atoms with Gasteiger partial charge in [-0.05, 0) is 28.7 Å². The quantitative estimate of drug-likeness (QED) is 0.705. The van der Waals surface area contributed by atoms with Gasteiger partial charge in [0.1, 0.15) is 0 Å². The zero-order valence-electron chi connectivity index (χ0n) is 4.19. The third-order valence-electron chi connectivity index (χ3n) is 0.727. The minimum Gasteiger partial charge on any atom is -0.267 e. The number of hydrogen-bond acceptors (Lipinski definition) is 2. The Morgan fingerprint density at radius 1 is 1.78 bits per heavy atom. The number of H-pyrrole nitrogens is 1. The Morgan fingerprint density at radius 3 is 2.89 bits per heavy atom. The molecule has 0 radical (unpaired) electrons. The van der Waals surface area contributed by atoms with Gasteiger partial charge in [-0.2, -0.15) is 5.10 Å². The third-order valence-corrected chi connectivity index (χ3v) is 1.72. The summed E-state index contributed by atoms with van der Waals surface area (Å²) in [5, 5.41) is 5.99. The molecule has 0 fully saturated rings. The van der Waals surface area contributed by atoms with E-state index in [9.17, 15) is 4.79 Å². The molecule has 0 unspecified atom stereocenters. The first-order chi connectivity index (χ1) is 4.20. The first-order valence-corrected chi connectivity index (χ1v) is 3.56. The van der Waals surface area contributed by atoms with Crippen LogP contribution in [0.3, 0.4) is 0 Å². The number of nitrogens with zero attached hydrogens (tertiary/aromatic N) is 1. The Kier molecular flexibility index (Phi) is 2.07. The van der Waals surface area contributed by atoms with Crippen LogP contribution < -0.4 is 5.56 Å². The molecule has 0 aliphatic carbocycles. The second-order valence-corrected chi connectivity index (χ2v) is 2.92. The van der Waals surface area contributed by atoms with Crippen LogP contribution in [0, 0.1) is 3.57 Å². The van der Waals surface area contributed by atoms with Gasteiger partial charge in [-0.25, -0.2) is 5.10 Å². The van der Waals surface area contributed by atoms with E-state index in [0.717, 1.165) is 0 Å². The average molecular weight is 256 g/mol. The van der Waals surface area contributed by atoms with Gasteiger partial charge in [0.05, 0.1) is 3.57 Å². The summed E-state index contributed by atoms with van der Waals surface area (Å²) in [6, 6.07) is 1.50. The number of halogens is 2. The molecule has 1 aromatic rings. The van der Waals surface area contributed by atoms with E-state index in [1.54, 1.807) is 0 Å². The van der Waals surface area contributed by atoms with E-state index >= 15 is 0 Å². The highest BCUT2D eigenvalue weighted by Crippen LogP contribution is 2.02. The predicted octanol–water partition coefficient (Wildman–Crippen LogP) is 1.03. The maximum atomic E-state index is 10.6. The van der Waals surface area contributed by atoms with E-state index in [2.05, 4.69) is 10.2 Å². The Labute approximate surface area is 69.6 Å². The maximum Gasteiger partial charge on any atom is 0.277 e. The van der Waals surface area contributed by atoms with E-state index in [1.165, 1.54) is 6.07 Å². The molecule has 1 rings (SSSR count). The van der Waals surface area contributed by atoms with Crippen LogP contribution in [0.15, 0.2) is 10.9 Å². The van der Waals surface area contributed by atoms with Gasteiger partial charge in [-0.3, -0.25) is 4.79 Å². The van der Waals surface area contributed by atoms with Gasteiger partial charge in [-0.15, -0.1) is 0 Å². The molecular formula is C4H2ClIN2O. The monoisotopic (exact) mass is 256 g/mol. The normalized spacial score (nSPS) is 9.56. The van der Waals surface area contributed by atoms with Crippen molar-refractivity contribution < 1.29 is 0 Å². The van der Waals surface area contributed by atoms with Crippen LogP contribution in [0.25, 0.3) is 0 Å². The lowest BCUT2D eigenvalue weighted by Crippen LogP contribution is -2.10. The molecule has 0 saturated carbocycles. The minimum atomic E-state index is -0.208. The van der Waals surface area contributed by atoms with E-state index in [0.29, 0.717) is 8.72 Å². The smallest absolute Gasteiger partial charge is 0.267 e. The first-order valence-electron chi connectivity index (χ1n) is 2.11. The lowest BCUT2D eigenvalue weighted by atomic mass is 10.6. The Morgan fingerprint density at radius 2 is 2.44 bits per heavy atom. The van der Waals surface area contributed by atoms with E-state index in [4.69, 9.17) is 11.6 Å². The first kappa shape index (κ1) is 7.01. The Bertz CT molecular complexity index is 272. The van der Waals surface area contributed by atoms with Crippen molar-refractivity contribution in [2.24, 2.45) is 0 Å². The van der Waals surface area contributed by atoms with Crippen LogP contribution >= 0.6 is 34.2 Å². The zero-order valence-corrected chi connectivity index (χ0v) is 7.10. The summed E-state index contributed by atoms with van der Waals surface area (Å²) in [5.41, 5.74) is -0.208. The highest BCUT2D eigenvalue weighted by Gasteiger charge is 1.94. The summed E-state index contributed by atoms with van der Waals surface area (Å²) in [6.45, 7) is 0. The highest BCUT2D eigenvalue weighted by molar-refractivity contribution is 14.1. The molecule has 0 aliphatic rings. The van der Waals surface area contributed by atoms with Gasteiger partial charge in [-0.1, -0.05) is 11.6 Å². The number of aromatic nitrogens is 2. The van der Waals surface area contributed by atoms with Crippen molar-refractivity contribution in [3.63, 3.8) is 0 Å². The fourth-order valence-electron chi connectivity index (χ4n) is 0.360. The van der Waals surface area contributed by atoms with Crippen LogP contribution in [-0.4, -0.2) is 10.2 Å². The molecule has 0 amide bonds. The van der Waals surface area contributed by atoms with Crippen molar-refractivity contribution in [1.82, 2.24) is 10.2 Å². The summed E-state index contributed by atoms with van der Waals surface area (Å²) < 4.78 is 0.549. The van der Waals surface area contributed by atoms with E-state index < -0.39 is 0 Å². The molecule has 1 N–H and O–H groups in total.